The molecule has 0 radical (unpaired) electrons. The van der Waals surface area contributed by atoms with Gasteiger partial charge in [0.05, 0.1) is 5.57 Å². The quantitative estimate of drug-likeness (QED) is 0.721. The molecule has 2 aliphatic carbocycles. The summed E-state index contributed by atoms with van der Waals surface area (Å²) in [5.74, 6) is -1.09. The van der Waals surface area contributed by atoms with E-state index in [0.29, 0.717) is 11.1 Å². The molecular formula is C14H10O4. The number of carbonyl (C=O) groups is 2. The third-order valence-electron chi connectivity index (χ3n) is 3.27. The second kappa shape index (κ2) is 3.65. The van der Waals surface area contributed by atoms with Gasteiger partial charge in [0.15, 0.2) is 11.6 Å². The lowest BCUT2D eigenvalue weighted by molar-refractivity contribution is -0.123. The Labute approximate surface area is 103 Å². The molecule has 0 bridgehead atoms. The third-order valence-corrected chi connectivity index (χ3v) is 3.27. The van der Waals surface area contributed by atoms with E-state index < -0.39 is 11.9 Å². The number of aliphatic hydroxyl groups is 2. The number of fused-ring (bicyclic) bond motifs is 2. The maximum Gasteiger partial charge on any atom is 0.196 e. The number of aliphatic hydroxyl groups excluding tert-OH is 2. The number of benzene rings is 1. The number of rotatable bonds is 0. The zero-order valence-corrected chi connectivity index (χ0v) is 9.38. The van der Waals surface area contributed by atoms with Gasteiger partial charge in [-0.15, -0.1) is 0 Å². The smallest absolute Gasteiger partial charge is 0.196 e. The topological polar surface area (TPSA) is 74.6 Å². The molecule has 1 atom stereocenters. The molecule has 1 aromatic carbocycles. The Morgan fingerprint density at radius 3 is 2.50 bits per heavy atom. The van der Waals surface area contributed by atoms with Crippen LogP contribution in [0.25, 0.3) is 5.76 Å². The van der Waals surface area contributed by atoms with E-state index in [-0.39, 0.29) is 29.1 Å². The van der Waals surface area contributed by atoms with Gasteiger partial charge in [0.2, 0.25) is 0 Å². The molecule has 3 rings (SSSR count). The standard InChI is InChI=1S/C14H10O4/c15-10-6-5-9-11(14(10)18)13(17)8-4-2-1-3-7(8)12(9)16/h1-5,10,15,17H,6H2. The Morgan fingerprint density at radius 2 is 1.78 bits per heavy atom. The monoisotopic (exact) mass is 242 g/mol. The Hall–Kier alpha value is -2.20. The Balaban J connectivity index is 2.33. The zero-order chi connectivity index (χ0) is 12.9. The van der Waals surface area contributed by atoms with Crippen molar-refractivity contribution < 1.29 is 19.8 Å². The molecule has 1 unspecified atom stereocenters. The van der Waals surface area contributed by atoms with E-state index in [1.807, 2.05) is 0 Å². The maximum absolute atomic E-state index is 12.2. The summed E-state index contributed by atoms with van der Waals surface area (Å²) in [4.78, 5) is 24.1. The van der Waals surface area contributed by atoms with E-state index >= 15 is 0 Å². The van der Waals surface area contributed by atoms with E-state index in [4.69, 9.17) is 0 Å². The summed E-state index contributed by atoms with van der Waals surface area (Å²) in [6.07, 6.45) is 0.443. The summed E-state index contributed by atoms with van der Waals surface area (Å²) in [5, 5.41) is 19.6. The SMILES string of the molecule is O=C1C2=CCC(O)C(=O)C2=C(O)c2ccccc21. The van der Waals surface area contributed by atoms with Gasteiger partial charge in [-0.05, 0) is 6.42 Å². The summed E-state index contributed by atoms with van der Waals surface area (Å²) < 4.78 is 0. The second-order valence-corrected chi connectivity index (χ2v) is 4.33. The van der Waals surface area contributed by atoms with Crippen LogP contribution in [0.5, 0.6) is 0 Å². The Bertz CT molecular complexity index is 637. The molecule has 0 saturated carbocycles. The summed E-state index contributed by atoms with van der Waals surface area (Å²) in [6.45, 7) is 0. The van der Waals surface area contributed by atoms with Crippen molar-refractivity contribution in [2.45, 2.75) is 12.5 Å². The summed E-state index contributed by atoms with van der Waals surface area (Å²) in [7, 11) is 0. The van der Waals surface area contributed by atoms with Crippen molar-refractivity contribution >= 4 is 17.3 Å². The van der Waals surface area contributed by atoms with Gasteiger partial charge < -0.3 is 10.2 Å². The van der Waals surface area contributed by atoms with E-state index in [9.17, 15) is 19.8 Å². The molecule has 4 nitrogen and oxygen atoms in total. The molecule has 0 saturated heterocycles. The molecule has 0 fully saturated rings. The molecular weight excluding hydrogens is 232 g/mol. The molecule has 90 valence electrons. The Kier molecular flexibility index (Phi) is 2.21. The molecule has 1 aromatic rings. The number of ketones is 2. The van der Waals surface area contributed by atoms with Gasteiger partial charge in [-0.25, -0.2) is 0 Å². The number of allylic oxidation sites excluding steroid dienone is 1. The first-order valence-electron chi connectivity index (χ1n) is 5.61. The van der Waals surface area contributed by atoms with Crippen LogP contribution in [0.2, 0.25) is 0 Å². The predicted molar refractivity (Wildman–Crippen MR) is 64.0 cm³/mol. The molecule has 2 N–H and O–H groups in total. The highest BCUT2D eigenvalue weighted by atomic mass is 16.3. The number of hydrogen-bond acceptors (Lipinski definition) is 4. The van der Waals surface area contributed by atoms with Crippen LogP contribution < -0.4 is 0 Å². The van der Waals surface area contributed by atoms with Crippen molar-refractivity contribution in [2.24, 2.45) is 0 Å². The van der Waals surface area contributed by atoms with Gasteiger partial charge in [-0.3, -0.25) is 9.59 Å². The van der Waals surface area contributed by atoms with Gasteiger partial charge in [-0.1, -0.05) is 30.3 Å². The van der Waals surface area contributed by atoms with E-state index in [1.54, 1.807) is 24.3 Å². The largest absolute Gasteiger partial charge is 0.507 e. The number of Topliss-reactive ketones (excluding diaryl/α,β-unsaturated/α-hetero) is 2. The van der Waals surface area contributed by atoms with Crippen LogP contribution in [0, 0.1) is 0 Å². The highest BCUT2D eigenvalue weighted by Gasteiger charge is 2.37. The first kappa shape index (κ1) is 10.9. The summed E-state index contributed by atoms with van der Waals surface area (Å²) in [5.41, 5.74) is 0.866. The van der Waals surface area contributed by atoms with Gasteiger partial charge in [0.25, 0.3) is 0 Å². The lowest BCUT2D eigenvalue weighted by atomic mass is 9.79. The van der Waals surface area contributed by atoms with Crippen LogP contribution in [0.15, 0.2) is 41.5 Å². The van der Waals surface area contributed by atoms with Crippen molar-refractivity contribution in [3.05, 3.63) is 52.6 Å². The van der Waals surface area contributed by atoms with Crippen LogP contribution >= 0.6 is 0 Å². The van der Waals surface area contributed by atoms with Gasteiger partial charge in [0, 0.05) is 16.7 Å². The first-order chi connectivity index (χ1) is 8.61. The van der Waals surface area contributed by atoms with Gasteiger partial charge in [0.1, 0.15) is 11.9 Å². The molecule has 0 aromatic heterocycles. The van der Waals surface area contributed by atoms with Crippen LogP contribution in [0.3, 0.4) is 0 Å². The molecule has 2 aliphatic rings. The maximum atomic E-state index is 12.2. The minimum absolute atomic E-state index is 0.0579. The molecule has 0 spiro atoms. The molecule has 4 heteroatoms. The van der Waals surface area contributed by atoms with Gasteiger partial charge >= 0.3 is 0 Å². The fourth-order valence-corrected chi connectivity index (χ4v) is 2.36. The lowest BCUT2D eigenvalue weighted by Crippen LogP contribution is -2.31. The molecule has 0 aliphatic heterocycles. The summed E-state index contributed by atoms with van der Waals surface area (Å²) >= 11 is 0. The highest BCUT2D eigenvalue weighted by molar-refractivity contribution is 6.26. The lowest BCUT2D eigenvalue weighted by Gasteiger charge is -2.25. The van der Waals surface area contributed by atoms with E-state index in [0.717, 1.165) is 0 Å². The fourth-order valence-electron chi connectivity index (χ4n) is 2.36. The average molecular weight is 242 g/mol. The number of hydrogen-bond donors (Lipinski definition) is 2. The van der Waals surface area contributed by atoms with Gasteiger partial charge in [-0.2, -0.15) is 0 Å². The average Bonchev–Trinajstić information content (AvgIpc) is 2.39. The third kappa shape index (κ3) is 1.29. The predicted octanol–water partition coefficient (Wildman–Crippen LogP) is 1.41. The minimum atomic E-state index is -1.18. The van der Waals surface area contributed by atoms with Crippen molar-refractivity contribution in [3.63, 3.8) is 0 Å². The fraction of sp³-hybridized carbons (Fsp3) is 0.143. The van der Waals surface area contributed by atoms with Crippen LogP contribution in [0.4, 0.5) is 0 Å². The molecule has 0 heterocycles. The first-order valence-corrected chi connectivity index (χ1v) is 5.61. The van der Waals surface area contributed by atoms with Crippen LogP contribution in [-0.4, -0.2) is 27.9 Å². The summed E-state index contributed by atoms with van der Waals surface area (Å²) in [6, 6.07) is 6.58. The van der Waals surface area contributed by atoms with Crippen molar-refractivity contribution in [1.82, 2.24) is 0 Å². The van der Waals surface area contributed by atoms with Crippen LogP contribution in [-0.2, 0) is 4.79 Å². The normalized spacial score (nSPS) is 22.5. The van der Waals surface area contributed by atoms with Crippen molar-refractivity contribution in [3.8, 4) is 0 Å². The Morgan fingerprint density at radius 1 is 1.11 bits per heavy atom. The second-order valence-electron chi connectivity index (χ2n) is 4.33. The highest BCUT2D eigenvalue weighted by Crippen LogP contribution is 2.36. The number of carbonyl (C=O) groups excluding carboxylic acids is 2. The molecule has 18 heavy (non-hydrogen) atoms. The minimum Gasteiger partial charge on any atom is -0.507 e. The van der Waals surface area contributed by atoms with E-state index in [2.05, 4.69) is 0 Å². The molecule has 0 amide bonds. The van der Waals surface area contributed by atoms with Crippen molar-refractivity contribution in [2.75, 3.05) is 0 Å². The van der Waals surface area contributed by atoms with Crippen molar-refractivity contribution in [1.29, 1.82) is 0 Å². The van der Waals surface area contributed by atoms with E-state index in [1.165, 1.54) is 6.08 Å². The zero-order valence-electron chi connectivity index (χ0n) is 9.38. The van der Waals surface area contributed by atoms with Crippen LogP contribution in [0.1, 0.15) is 22.3 Å².